The summed E-state index contributed by atoms with van der Waals surface area (Å²) in [6.45, 7) is 13.6. The van der Waals surface area contributed by atoms with E-state index >= 15 is 0 Å². The number of ether oxygens (including phenoxy) is 4. The molecule has 6 saturated heterocycles. The number of fused-ring (bicyclic) bond motifs is 4. The topological polar surface area (TPSA) is 202 Å². The van der Waals surface area contributed by atoms with Crippen LogP contribution >= 0.6 is 0 Å². The second-order valence-corrected chi connectivity index (χ2v) is 23.5. The van der Waals surface area contributed by atoms with Crippen LogP contribution in [0.15, 0.2) is 48.5 Å². The van der Waals surface area contributed by atoms with Crippen LogP contribution in [0.1, 0.15) is 187 Å². The number of primary amides is 2. The maximum atomic E-state index is 13.5. The standard InChI is InChI=1S/C29H43N3O4.C23H35N3O.C6H10O4.Li/c1-29(2)35-19-26(36-29)28(34)31(18-20-7-4-3-5-8-20)13-14-32-24-11-12-25(32)17-23(16-24)21-9-6-10-22(15-21)27(30)33;24-23(27)19-8-4-7-18(13-19)20-14-21-9-10-22(15-20)26(21)12-11-25-16-17-5-2-1-3-6-17;1-6(2)9-3-4(10-6)5(7)8;/h6,9-10,15,20,23-26H,3-5,7-8,11-14,16-19H2,1-2H3,(H2,30,33);4,7-8,13,17,20-22,25H,1-3,5-6,9-12,14-16H2,(H2,24,27);4H,3H2,1-2H3,(H,7,8);/q;;;+1/p-1/t23?,24?,25?,26-;;4-;/m0.0./s1. The van der Waals surface area contributed by atoms with Crippen LogP contribution in [-0.4, -0.2) is 139 Å². The maximum absolute atomic E-state index is 13.5. The van der Waals surface area contributed by atoms with Crippen molar-refractivity contribution in [3.8, 4) is 0 Å². The largest absolute Gasteiger partial charge is 1.00 e. The van der Waals surface area contributed by atoms with Crippen LogP contribution in [-0.2, 0) is 28.5 Å². The minimum absolute atomic E-state index is 0. The van der Waals surface area contributed by atoms with Crippen molar-refractivity contribution >= 4 is 23.7 Å². The van der Waals surface area contributed by atoms with Crippen LogP contribution in [0, 0.1) is 11.8 Å². The summed E-state index contributed by atoms with van der Waals surface area (Å²) in [5.41, 5.74) is 14.8. The minimum atomic E-state index is -1.22. The number of benzene rings is 2. The molecule has 4 unspecified atom stereocenters. The van der Waals surface area contributed by atoms with Gasteiger partial charge in [0, 0.05) is 68.0 Å². The Morgan fingerprint density at radius 2 is 1.08 bits per heavy atom. The van der Waals surface area contributed by atoms with Gasteiger partial charge in [-0.2, -0.15) is 0 Å². The number of rotatable bonds is 16. The first-order chi connectivity index (χ1) is 35.0. The normalized spacial score (nSPS) is 29.5. The van der Waals surface area contributed by atoms with Gasteiger partial charge in [-0.05, 0) is 170 Å². The van der Waals surface area contributed by atoms with Crippen molar-refractivity contribution < 1.29 is 62.1 Å². The summed E-state index contributed by atoms with van der Waals surface area (Å²) in [4.78, 5) is 54.4. The number of carbonyl (C=O) groups is 4. The van der Waals surface area contributed by atoms with E-state index in [4.69, 9.17) is 30.4 Å². The summed E-state index contributed by atoms with van der Waals surface area (Å²) in [5, 5.41) is 13.9. The first kappa shape index (κ1) is 58.3. The van der Waals surface area contributed by atoms with E-state index in [1.807, 2.05) is 44.2 Å². The molecule has 10 rings (SSSR count). The van der Waals surface area contributed by atoms with Crippen LogP contribution in [0.5, 0.6) is 0 Å². The molecule has 8 fully saturated rings. The number of hydrogen-bond donors (Lipinski definition) is 3. The summed E-state index contributed by atoms with van der Waals surface area (Å²) in [6.07, 6.45) is 21.8. The summed E-state index contributed by atoms with van der Waals surface area (Å²) in [6, 6.07) is 18.4. The number of nitrogens with two attached hydrogens (primary N) is 2. The van der Waals surface area contributed by atoms with Gasteiger partial charge in [0.2, 0.25) is 11.8 Å². The zero-order chi connectivity index (χ0) is 51.7. The zero-order valence-corrected chi connectivity index (χ0v) is 45.4. The number of hydrogen-bond acceptors (Lipinski definition) is 12. The number of carbonyl (C=O) groups excluding carboxylic acids is 4. The van der Waals surface area contributed by atoms with Gasteiger partial charge in [-0.3, -0.25) is 24.2 Å². The molecule has 0 radical (unpaired) electrons. The number of aliphatic carboxylic acids is 1. The Kier molecular flexibility index (Phi) is 21.1. The monoisotopic (exact) mass is 1020 g/mol. The number of carboxylic acid groups (broad SMARTS) is 1. The van der Waals surface area contributed by atoms with E-state index < -0.39 is 29.8 Å². The molecular formula is C58H87LiN6O9. The molecule has 6 aliphatic heterocycles. The summed E-state index contributed by atoms with van der Waals surface area (Å²) in [5.74, 6) is -0.716. The number of nitrogens with one attached hydrogen (secondary N) is 1. The van der Waals surface area contributed by atoms with Crippen molar-refractivity contribution in [3.05, 3.63) is 70.8 Å². The van der Waals surface area contributed by atoms with Crippen molar-refractivity contribution in [1.82, 2.24) is 20.0 Å². The van der Waals surface area contributed by atoms with Gasteiger partial charge in [0.1, 0.15) is 6.10 Å². The summed E-state index contributed by atoms with van der Waals surface area (Å²) >= 11 is 0. The van der Waals surface area contributed by atoms with E-state index in [1.165, 1.54) is 127 Å². The Morgan fingerprint density at radius 3 is 1.50 bits per heavy atom. The average molecular weight is 1020 g/mol. The van der Waals surface area contributed by atoms with Gasteiger partial charge in [-0.25, -0.2) is 0 Å². The fraction of sp³-hybridized carbons (Fsp3) is 0.724. The number of carboxylic acids is 1. The molecule has 16 heteroatoms. The van der Waals surface area contributed by atoms with E-state index in [0.717, 1.165) is 44.9 Å². The molecule has 15 nitrogen and oxygen atoms in total. The quantitative estimate of drug-likeness (QED) is 0.163. The first-order valence-corrected chi connectivity index (χ1v) is 28.2. The molecule has 6 heterocycles. The molecule has 0 spiro atoms. The van der Waals surface area contributed by atoms with Gasteiger partial charge in [0.25, 0.3) is 5.91 Å². The van der Waals surface area contributed by atoms with E-state index in [9.17, 15) is 24.3 Å². The Bertz CT molecular complexity index is 2140. The van der Waals surface area contributed by atoms with Crippen LogP contribution in [0.4, 0.5) is 0 Å². The third kappa shape index (κ3) is 15.9. The van der Waals surface area contributed by atoms with Gasteiger partial charge >= 0.3 is 18.9 Å². The third-order valence-corrected chi connectivity index (χ3v) is 17.5. The van der Waals surface area contributed by atoms with Crippen molar-refractivity contribution in [3.63, 3.8) is 0 Å². The average Bonchev–Trinajstić information content (AvgIpc) is 4.08. The third-order valence-electron chi connectivity index (χ3n) is 17.5. The Morgan fingerprint density at radius 1 is 0.635 bits per heavy atom. The molecule has 0 aromatic heterocycles. The van der Waals surface area contributed by atoms with Gasteiger partial charge in [0.15, 0.2) is 17.7 Å². The fourth-order valence-corrected chi connectivity index (χ4v) is 13.6. The summed E-state index contributed by atoms with van der Waals surface area (Å²) < 4.78 is 21.6. The predicted molar refractivity (Wildman–Crippen MR) is 278 cm³/mol. The smallest absolute Gasteiger partial charge is 0.547 e. The molecule has 2 saturated carbocycles. The SMILES string of the molecule is CC1(C)OC[C@@H](C(=O)N(CCN2C3CCC2CC(c2cccc(C(N)=O)c2)C3)CC2CCCCC2)O1.CC1(C)OC[C@@H](C(=O)[O-])O1.NC(=O)c1cccc(C2CC3CCC(C2)N3CCNCC2CCCCC2)c1.[Li+]. The van der Waals surface area contributed by atoms with Crippen molar-refractivity contribution in [2.45, 2.75) is 203 Å². The first-order valence-electron chi connectivity index (χ1n) is 28.2. The van der Waals surface area contributed by atoms with E-state index in [2.05, 4.69) is 32.1 Å². The molecule has 3 amide bonds. The molecule has 2 aromatic carbocycles. The fourth-order valence-electron chi connectivity index (χ4n) is 13.6. The van der Waals surface area contributed by atoms with Gasteiger partial charge in [-0.1, -0.05) is 62.8 Å². The number of nitrogens with zero attached hydrogens (tertiary/aromatic N) is 3. The minimum Gasteiger partial charge on any atom is -0.547 e. The van der Waals surface area contributed by atoms with Gasteiger partial charge in [0.05, 0.1) is 19.2 Å². The van der Waals surface area contributed by atoms with Crippen LogP contribution in [0.3, 0.4) is 0 Å². The number of amides is 3. The molecule has 4 bridgehead atoms. The Labute approximate surface area is 453 Å². The molecular weight excluding hydrogens is 932 g/mol. The molecule has 6 atom stereocenters. The molecule has 2 aromatic rings. The Hall–Kier alpha value is -3.36. The maximum Gasteiger partial charge on any atom is 1.00 e. The van der Waals surface area contributed by atoms with Gasteiger partial charge < -0.3 is 50.5 Å². The van der Waals surface area contributed by atoms with Crippen molar-refractivity contribution in [2.75, 3.05) is 52.5 Å². The molecule has 5 N–H and O–H groups in total. The second kappa shape index (κ2) is 26.8. The number of piperidine rings is 2. The van der Waals surface area contributed by atoms with Gasteiger partial charge in [-0.15, -0.1) is 0 Å². The van der Waals surface area contributed by atoms with E-state index in [0.29, 0.717) is 59.7 Å². The van der Waals surface area contributed by atoms with Crippen LogP contribution in [0.25, 0.3) is 0 Å². The zero-order valence-electron chi connectivity index (χ0n) is 45.4. The summed E-state index contributed by atoms with van der Waals surface area (Å²) in [7, 11) is 0. The van der Waals surface area contributed by atoms with Crippen molar-refractivity contribution in [1.29, 1.82) is 0 Å². The van der Waals surface area contributed by atoms with E-state index in [-0.39, 0.29) is 43.2 Å². The predicted octanol–water partition coefficient (Wildman–Crippen LogP) is 3.61. The molecule has 74 heavy (non-hydrogen) atoms. The van der Waals surface area contributed by atoms with Crippen LogP contribution < -0.4 is 40.8 Å². The Balaban J connectivity index is 0.000000185. The second-order valence-electron chi connectivity index (χ2n) is 23.5. The van der Waals surface area contributed by atoms with Crippen molar-refractivity contribution in [2.24, 2.45) is 23.3 Å². The molecule has 404 valence electrons. The molecule has 8 aliphatic rings. The van der Waals surface area contributed by atoms with Crippen LogP contribution in [0.2, 0.25) is 0 Å². The van der Waals surface area contributed by atoms with E-state index in [1.54, 1.807) is 19.9 Å². The molecule has 2 aliphatic carbocycles.